The van der Waals surface area contributed by atoms with Crippen molar-refractivity contribution in [2.45, 2.75) is 0 Å². The summed E-state index contributed by atoms with van der Waals surface area (Å²) in [5.74, 6) is 0.911. The van der Waals surface area contributed by atoms with Gasteiger partial charge < -0.3 is 13.7 Å². The van der Waals surface area contributed by atoms with Crippen molar-refractivity contribution < 1.29 is 0 Å². The summed E-state index contributed by atoms with van der Waals surface area (Å²) in [7, 11) is 1.91. The van der Waals surface area contributed by atoms with Crippen LogP contribution in [0.1, 0.15) is 10.4 Å². The first kappa shape index (κ1) is 51.7. The van der Waals surface area contributed by atoms with Gasteiger partial charge in [0, 0.05) is 103 Å². The van der Waals surface area contributed by atoms with Crippen LogP contribution < -0.4 is 0 Å². The van der Waals surface area contributed by atoms with Crippen LogP contribution in [0.5, 0.6) is 0 Å². The number of hydrogen-bond donors (Lipinski definition) is 0. The first-order valence-electron chi connectivity index (χ1n) is 30.9. The average Bonchev–Trinajstić information content (AvgIpc) is 1.67. The van der Waals surface area contributed by atoms with E-state index < -0.39 is 0 Å². The van der Waals surface area contributed by atoms with Crippen LogP contribution in [0.25, 0.3) is 174 Å². The third-order valence-corrected chi connectivity index (χ3v) is 21.4. The Morgan fingerprint density at radius 2 is 0.769 bits per heavy atom. The molecule has 13 aromatic carbocycles. The van der Waals surface area contributed by atoms with E-state index in [1.165, 1.54) is 107 Å². The van der Waals surface area contributed by atoms with Gasteiger partial charge in [0.25, 0.3) is 0 Å². The predicted octanol–water partition coefficient (Wildman–Crippen LogP) is 23.2. The topological polar surface area (TPSA) is 32.1 Å². The molecule has 0 atom stereocenters. The number of rotatable bonds is 8. The Morgan fingerprint density at radius 3 is 1.42 bits per heavy atom. The molecular formula is C84H53N5S2. The van der Waals surface area contributed by atoms with E-state index in [9.17, 15) is 0 Å². The van der Waals surface area contributed by atoms with E-state index in [0.717, 1.165) is 77.3 Å². The lowest BCUT2D eigenvalue weighted by Crippen LogP contribution is -2.12. The first-order chi connectivity index (χ1) is 45.1. The zero-order chi connectivity index (χ0) is 60.0. The summed E-state index contributed by atoms with van der Waals surface area (Å²) >= 11 is 3.66. The number of para-hydroxylation sites is 5. The Bertz CT molecular complexity index is 6270. The second kappa shape index (κ2) is 20.1. The van der Waals surface area contributed by atoms with Gasteiger partial charge in [0.05, 0.1) is 49.0 Å². The van der Waals surface area contributed by atoms with Crippen molar-refractivity contribution in [2.24, 2.45) is 4.99 Å². The summed E-state index contributed by atoms with van der Waals surface area (Å²) in [6, 6.07) is 105. The summed E-state index contributed by atoms with van der Waals surface area (Å²) in [4.78, 5) is 6.15. The molecule has 0 radical (unpaired) electrons. The fraction of sp³-hybridized carbons (Fsp3) is 0.0119. The monoisotopic (exact) mass is 1200 g/mol. The van der Waals surface area contributed by atoms with Crippen LogP contribution >= 0.6 is 22.7 Å². The van der Waals surface area contributed by atoms with Gasteiger partial charge in [-0.3, -0.25) is 9.56 Å². The lowest BCUT2D eigenvalue weighted by molar-refractivity contribution is 1.17. The third-order valence-electron chi connectivity index (χ3n) is 19.0. The largest absolute Gasteiger partial charge is 0.309 e. The van der Waals surface area contributed by atoms with E-state index in [4.69, 9.17) is 4.99 Å². The normalized spacial score (nSPS) is 12.3. The maximum absolute atomic E-state index is 5.05. The Morgan fingerprint density at radius 1 is 0.330 bits per heavy atom. The molecule has 6 aromatic heterocycles. The molecule has 5 nitrogen and oxygen atoms in total. The lowest BCUT2D eigenvalue weighted by atomic mass is 9.95. The maximum Gasteiger partial charge on any atom is 0.150 e. The highest BCUT2D eigenvalue weighted by Crippen LogP contribution is 2.47. The molecule has 426 valence electrons. The van der Waals surface area contributed by atoms with Gasteiger partial charge in [-0.1, -0.05) is 195 Å². The number of benzene rings is 13. The molecule has 0 saturated carbocycles. The summed E-state index contributed by atoms with van der Waals surface area (Å²) in [5.41, 5.74) is 20.9. The molecule has 0 fully saturated rings. The third kappa shape index (κ3) is 7.60. The Labute approximate surface area is 531 Å². The van der Waals surface area contributed by atoms with E-state index in [-0.39, 0.29) is 0 Å². The van der Waals surface area contributed by atoms with Crippen molar-refractivity contribution in [3.8, 4) is 50.4 Å². The van der Waals surface area contributed by atoms with Crippen LogP contribution in [0.15, 0.2) is 297 Å². The number of aliphatic imine (C=N–C) groups is 1. The highest BCUT2D eigenvalue weighted by molar-refractivity contribution is 7.26. The zero-order valence-electron chi connectivity index (χ0n) is 49.5. The first-order valence-corrected chi connectivity index (χ1v) is 32.6. The lowest BCUT2D eigenvalue weighted by Gasteiger charge is -2.13. The van der Waals surface area contributed by atoms with Crippen LogP contribution in [0.2, 0.25) is 0 Å². The fourth-order valence-corrected chi connectivity index (χ4v) is 17.6. The molecule has 19 aromatic rings. The molecule has 0 bridgehead atoms. The SMILES string of the molecule is C=Cc1c(/C(=N\C)n2c3ccccc3c3ccccc32)sc2ccc(-n3c4ccccc4c4c(-c5cccc6c5c5ccccc5n6-c5ccc6c(c5)c5ccccc5n6-c5cccc(-c6cccc(-c7cccc8c7sc7ccccc78)c6)c5)cccc43)cc12. The van der Waals surface area contributed by atoms with Crippen molar-refractivity contribution in [3.05, 3.63) is 302 Å². The van der Waals surface area contributed by atoms with Gasteiger partial charge in [-0.05, 0) is 137 Å². The number of fused-ring (bicyclic) bond motifs is 16. The molecule has 0 saturated heterocycles. The Hall–Kier alpha value is -11.4. The zero-order valence-corrected chi connectivity index (χ0v) is 51.1. The molecule has 0 N–H and O–H groups in total. The maximum atomic E-state index is 5.05. The van der Waals surface area contributed by atoms with Crippen LogP contribution in [0.4, 0.5) is 0 Å². The molecule has 0 spiro atoms. The minimum absolute atomic E-state index is 0.911. The van der Waals surface area contributed by atoms with Gasteiger partial charge in [0.2, 0.25) is 0 Å². The quantitative estimate of drug-likeness (QED) is 0.107. The van der Waals surface area contributed by atoms with Gasteiger partial charge in [0.1, 0.15) is 0 Å². The van der Waals surface area contributed by atoms with Gasteiger partial charge in [-0.2, -0.15) is 0 Å². The second-order valence-corrected chi connectivity index (χ2v) is 25.8. The van der Waals surface area contributed by atoms with Crippen molar-refractivity contribution in [3.63, 3.8) is 0 Å². The molecule has 0 unspecified atom stereocenters. The predicted molar refractivity (Wildman–Crippen MR) is 391 cm³/mol. The minimum Gasteiger partial charge on any atom is -0.309 e. The minimum atomic E-state index is 0.911. The van der Waals surface area contributed by atoms with Crippen molar-refractivity contribution in [1.82, 2.24) is 18.3 Å². The van der Waals surface area contributed by atoms with Crippen LogP contribution in [-0.2, 0) is 0 Å². The van der Waals surface area contributed by atoms with Gasteiger partial charge >= 0.3 is 0 Å². The van der Waals surface area contributed by atoms with Crippen LogP contribution in [0, 0.1) is 0 Å². The molecule has 91 heavy (non-hydrogen) atoms. The fourth-order valence-electron chi connectivity index (χ4n) is 15.2. The van der Waals surface area contributed by atoms with Crippen molar-refractivity contribution in [2.75, 3.05) is 7.05 Å². The summed E-state index contributed by atoms with van der Waals surface area (Å²) < 4.78 is 13.5. The summed E-state index contributed by atoms with van der Waals surface area (Å²) in [6.45, 7) is 4.44. The molecule has 0 aliphatic rings. The second-order valence-electron chi connectivity index (χ2n) is 23.7. The molecule has 6 heterocycles. The van der Waals surface area contributed by atoms with Gasteiger partial charge in [-0.25, -0.2) is 0 Å². The Kier molecular flexibility index (Phi) is 11.4. The Balaban J connectivity index is 0.730. The van der Waals surface area contributed by atoms with E-state index in [1.807, 2.05) is 24.5 Å². The summed E-state index contributed by atoms with van der Waals surface area (Å²) in [5, 5.41) is 13.5. The molecular weight excluding hydrogens is 1140 g/mol. The average molecular weight is 1200 g/mol. The van der Waals surface area contributed by atoms with Crippen LogP contribution in [0.3, 0.4) is 0 Å². The van der Waals surface area contributed by atoms with E-state index in [0.29, 0.717) is 0 Å². The standard InChI is InChI=1S/C84H53N5S2/c1-3-57-69-50-56(44-46-79(69)91-83(57)84(85-2)89-71-36-11-4-25-59(71)60-26-5-12-37-72(60)89)88-74-39-14-8-30-67(74)81-64(33-20-41-77(81)88)63-32-19-40-76-80(63)66-29-7-13-38-73(66)87(76)55-43-45-75-68(49-55)61-27-6-10-35-70(61)86(75)54-24-17-22-52(48-54)51-21-16-23-53(47-51)58-31-18-34-65-62-28-9-15-42-78(62)90-82(58)65/h3-50H,1H2,2H3/b85-84+. The van der Waals surface area contributed by atoms with Crippen molar-refractivity contribution >= 4 is 152 Å². The van der Waals surface area contributed by atoms with E-state index >= 15 is 0 Å². The molecule has 0 amide bonds. The van der Waals surface area contributed by atoms with Crippen LogP contribution in [-0.4, -0.2) is 31.2 Å². The van der Waals surface area contributed by atoms with Gasteiger partial charge in [-0.15, -0.1) is 22.7 Å². The van der Waals surface area contributed by atoms with Gasteiger partial charge in [0.15, 0.2) is 5.84 Å². The number of thiophene rings is 2. The molecule has 0 aliphatic carbocycles. The van der Waals surface area contributed by atoms with E-state index in [2.05, 4.69) is 310 Å². The van der Waals surface area contributed by atoms with Crippen molar-refractivity contribution in [1.29, 1.82) is 0 Å². The smallest absolute Gasteiger partial charge is 0.150 e. The number of aromatic nitrogens is 4. The summed E-state index contributed by atoms with van der Waals surface area (Å²) in [6.07, 6.45) is 2.02. The number of hydrogen-bond acceptors (Lipinski definition) is 3. The number of nitrogens with zero attached hydrogens (tertiary/aromatic N) is 5. The highest BCUT2D eigenvalue weighted by Gasteiger charge is 2.25. The molecule has 0 aliphatic heterocycles. The molecule has 19 rings (SSSR count). The highest BCUT2D eigenvalue weighted by atomic mass is 32.1. The van der Waals surface area contributed by atoms with E-state index in [1.54, 1.807) is 11.3 Å². The molecule has 7 heteroatoms.